The van der Waals surface area contributed by atoms with Gasteiger partial charge in [-0.2, -0.15) is 4.39 Å². The molecule has 0 unspecified atom stereocenters. The molecule has 0 radical (unpaired) electrons. The van der Waals surface area contributed by atoms with Gasteiger partial charge >= 0.3 is 5.69 Å². The molecule has 1 aromatic rings. The summed E-state index contributed by atoms with van der Waals surface area (Å²) in [6, 6.07) is 0. The Labute approximate surface area is 85.2 Å². The summed E-state index contributed by atoms with van der Waals surface area (Å²) in [5.74, 6) is -2.26. The number of hydrogen-bond acceptors (Lipinski definition) is 3. The number of aromatic amines is 1. The quantitative estimate of drug-likeness (QED) is 0.757. The van der Waals surface area contributed by atoms with E-state index in [-0.39, 0.29) is 0 Å². The SMILES string of the molecule is CCC(C)(C)n1c(O)c(F)c(=O)[nH]c1=O. The van der Waals surface area contributed by atoms with Gasteiger partial charge in [0.2, 0.25) is 11.7 Å². The lowest BCUT2D eigenvalue weighted by Gasteiger charge is -2.26. The standard InChI is InChI=1S/C9H13FN2O3/c1-4-9(2,3)12-7(14)5(10)6(13)11-8(12)15/h14H,4H2,1-3H3,(H,11,13,15). The number of nitrogens with zero attached hydrogens (tertiary/aromatic N) is 1. The third kappa shape index (κ3) is 1.79. The summed E-state index contributed by atoms with van der Waals surface area (Å²) < 4.78 is 13.9. The van der Waals surface area contributed by atoms with Crippen molar-refractivity contribution in [1.29, 1.82) is 0 Å². The van der Waals surface area contributed by atoms with Gasteiger partial charge in [0.25, 0.3) is 5.56 Å². The molecule has 0 atom stereocenters. The van der Waals surface area contributed by atoms with E-state index in [1.165, 1.54) is 0 Å². The summed E-state index contributed by atoms with van der Waals surface area (Å²) >= 11 is 0. The minimum Gasteiger partial charge on any atom is -0.492 e. The molecule has 84 valence electrons. The van der Waals surface area contributed by atoms with Crippen molar-refractivity contribution >= 4 is 0 Å². The number of aromatic hydroxyl groups is 1. The normalized spacial score (nSPS) is 11.7. The first-order valence-electron chi connectivity index (χ1n) is 4.55. The molecule has 0 aliphatic carbocycles. The Kier molecular flexibility index (Phi) is 2.70. The van der Waals surface area contributed by atoms with Crippen LogP contribution < -0.4 is 11.2 Å². The van der Waals surface area contributed by atoms with Crippen LogP contribution in [0.3, 0.4) is 0 Å². The van der Waals surface area contributed by atoms with Crippen molar-refractivity contribution in [2.24, 2.45) is 0 Å². The molecule has 1 aromatic heterocycles. The Morgan fingerprint density at radius 3 is 2.47 bits per heavy atom. The molecule has 0 aliphatic heterocycles. The molecule has 0 aliphatic rings. The fourth-order valence-electron chi connectivity index (χ4n) is 1.22. The zero-order valence-corrected chi connectivity index (χ0v) is 8.80. The van der Waals surface area contributed by atoms with Gasteiger partial charge in [0.1, 0.15) is 0 Å². The predicted molar refractivity (Wildman–Crippen MR) is 52.6 cm³/mol. The van der Waals surface area contributed by atoms with Crippen molar-refractivity contribution in [2.75, 3.05) is 0 Å². The summed E-state index contributed by atoms with van der Waals surface area (Å²) in [6.07, 6.45) is 0.506. The summed E-state index contributed by atoms with van der Waals surface area (Å²) in [6.45, 7) is 5.10. The van der Waals surface area contributed by atoms with Crippen LogP contribution in [0.4, 0.5) is 4.39 Å². The number of nitrogens with one attached hydrogen (secondary N) is 1. The monoisotopic (exact) mass is 216 g/mol. The van der Waals surface area contributed by atoms with Crippen LogP contribution in [0.1, 0.15) is 27.2 Å². The largest absolute Gasteiger partial charge is 0.492 e. The van der Waals surface area contributed by atoms with Crippen LogP contribution in [-0.4, -0.2) is 14.7 Å². The molecule has 0 spiro atoms. The van der Waals surface area contributed by atoms with Crippen molar-refractivity contribution in [1.82, 2.24) is 9.55 Å². The molecule has 0 bridgehead atoms. The molecule has 2 N–H and O–H groups in total. The number of halogens is 1. The second kappa shape index (κ2) is 3.52. The van der Waals surface area contributed by atoms with Crippen molar-refractivity contribution in [2.45, 2.75) is 32.7 Å². The molecule has 6 heteroatoms. The van der Waals surface area contributed by atoms with Gasteiger partial charge in [0.05, 0.1) is 0 Å². The van der Waals surface area contributed by atoms with Gasteiger partial charge < -0.3 is 5.11 Å². The Hall–Kier alpha value is -1.59. The zero-order valence-electron chi connectivity index (χ0n) is 8.80. The molecule has 15 heavy (non-hydrogen) atoms. The summed E-state index contributed by atoms with van der Waals surface area (Å²) in [5.41, 5.74) is -2.78. The van der Waals surface area contributed by atoms with Crippen LogP contribution >= 0.6 is 0 Å². The van der Waals surface area contributed by atoms with Crippen molar-refractivity contribution < 1.29 is 9.50 Å². The maximum atomic E-state index is 13.1. The third-order valence-corrected chi connectivity index (χ3v) is 2.50. The topological polar surface area (TPSA) is 75.1 Å². The number of rotatable bonds is 2. The van der Waals surface area contributed by atoms with E-state index in [4.69, 9.17) is 0 Å². The first-order valence-corrected chi connectivity index (χ1v) is 4.55. The molecular weight excluding hydrogens is 203 g/mol. The zero-order chi connectivity index (χ0) is 11.8. The van der Waals surface area contributed by atoms with E-state index in [1.807, 2.05) is 0 Å². The second-order valence-corrected chi connectivity index (χ2v) is 3.90. The van der Waals surface area contributed by atoms with Gasteiger partial charge in [0, 0.05) is 5.54 Å². The van der Waals surface area contributed by atoms with E-state index in [2.05, 4.69) is 0 Å². The fraction of sp³-hybridized carbons (Fsp3) is 0.556. The predicted octanol–water partition coefficient (Wildman–Crippen LogP) is 0.526. The van der Waals surface area contributed by atoms with Gasteiger partial charge in [-0.05, 0) is 20.3 Å². The third-order valence-electron chi connectivity index (χ3n) is 2.50. The highest BCUT2D eigenvalue weighted by atomic mass is 19.1. The van der Waals surface area contributed by atoms with Gasteiger partial charge in [-0.3, -0.25) is 14.3 Å². The van der Waals surface area contributed by atoms with Crippen molar-refractivity contribution in [3.05, 3.63) is 26.7 Å². The van der Waals surface area contributed by atoms with E-state index < -0.39 is 28.5 Å². The average Bonchev–Trinajstić information content (AvgIpc) is 2.14. The van der Waals surface area contributed by atoms with Crippen LogP contribution in [0.5, 0.6) is 5.88 Å². The molecule has 0 fully saturated rings. The van der Waals surface area contributed by atoms with E-state index in [0.29, 0.717) is 6.42 Å². The highest BCUT2D eigenvalue weighted by Crippen LogP contribution is 2.22. The highest BCUT2D eigenvalue weighted by Gasteiger charge is 2.25. The minimum atomic E-state index is -1.34. The number of hydrogen-bond donors (Lipinski definition) is 2. The van der Waals surface area contributed by atoms with Crippen LogP contribution in [0.25, 0.3) is 0 Å². The smallest absolute Gasteiger partial charge is 0.331 e. The number of H-pyrrole nitrogens is 1. The molecule has 1 heterocycles. The Balaban J connectivity index is 3.64. The molecule has 0 aromatic carbocycles. The molecular formula is C9H13FN2O3. The summed E-state index contributed by atoms with van der Waals surface area (Å²) in [5, 5.41) is 9.39. The van der Waals surface area contributed by atoms with Crippen LogP contribution in [0.2, 0.25) is 0 Å². The van der Waals surface area contributed by atoms with Gasteiger partial charge in [-0.25, -0.2) is 4.79 Å². The van der Waals surface area contributed by atoms with E-state index >= 15 is 0 Å². The first-order chi connectivity index (χ1) is 6.81. The summed E-state index contributed by atoms with van der Waals surface area (Å²) in [4.78, 5) is 24.0. The lowest BCUT2D eigenvalue weighted by molar-refractivity contribution is 0.260. The molecule has 0 amide bonds. The lowest BCUT2D eigenvalue weighted by Crippen LogP contribution is -2.41. The van der Waals surface area contributed by atoms with Crippen LogP contribution in [0.15, 0.2) is 9.59 Å². The summed E-state index contributed by atoms with van der Waals surface area (Å²) in [7, 11) is 0. The average molecular weight is 216 g/mol. The second-order valence-electron chi connectivity index (χ2n) is 3.90. The maximum absolute atomic E-state index is 13.1. The molecule has 0 saturated carbocycles. The number of aromatic nitrogens is 2. The van der Waals surface area contributed by atoms with Crippen LogP contribution in [0, 0.1) is 5.82 Å². The van der Waals surface area contributed by atoms with Gasteiger partial charge in [-0.1, -0.05) is 6.92 Å². The first kappa shape index (κ1) is 11.5. The van der Waals surface area contributed by atoms with Gasteiger partial charge in [-0.15, -0.1) is 0 Å². The van der Waals surface area contributed by atoms with Crippen molar-refractivity contribution in [3.63, 3.8) is 0 Å². The fourth-order valence-corrected chi connectivity index (χ4v) is 1.22. The Bertz CT molecular complexity index is 487. The molecule has 0 saturated heterocycles. The minimum absolute atomic E-state index is 0.506. The van der Waals surface area contributed by atoms with E-state index in [1.54, 1.807) is 25.8 Å². The van der Waals surface area contributed by atoms with E-state index in [0.717, 1.165) is 4.57 Å². The lowest BCUT2D eigenvalue weighted by atomic mass is 10.0. The molecule has 1 rings (SSSR count). The molecule has 5 nitrogen and oxygen atoms in total. The van der Waals surface area contributed by atoms with E-state index in [9.17, 15) is 19.1 Å². The van der Waals surface area contributed by atoms with Crippen molar-refractivity contribution in [3.8, 4) is 5.88 Å². The van der Waals surface area contributed by atoms with Gasteiger partial charge in [0.15, 0.2) is 0 Å². The van der Waals surface area contributed by atoms with Crippen LogP contribution in [-0.2, 0) is 5.54 Å². The Morgan fingerprint density at radius 1 is 1.47 bits per heavy atom. The maximum Gasteiger partial charge on any atom is 0.331 e. The Morgan fingerprint density at radius 2 is 2.00 bits per heavy atom. The highest BCUT2D eigenvalue weighted by molar-refractivity contribution is 5.12.